The third-order valence-electron chi connectivity index (χ3n) is 14.8. The summed E-state index contributed by atoms with van der Waals surface area (Å²) in [5.41, 5.74) is -1.02. The zero-order chi connectivity index (χ0) is 57.8. The van der Waals surface area contributed by atoms with Gasteiger partial charge in [-0.05, 0) is 99.4 Å². The van der Waals surface area contributed by atoms with Crippen LogP contribution in [0.4, 0.5) is 46.1 Å². The highest BCUT2D eigenvalue weighted by atomic mass is 19.4. The Balaban J connectivity index is 1.06. The van der Waals surface area contributed by atoms with Crippen molar-refractivity contribution < 1.29 is 69.2 Å². The number of carbonyl (C=O) groups is 4. The Morgan fingerprint density at radius 3 is 1.99 bits per heavy atom. The molecule has 0 radical (unpaired) electrons. The Bertz CT molecular complexity index is 2880. The molecule has 6 atom stereocenters. The van der Waals surface area contributed by atoms with Crippen LogP contribution in [0.3, 0.4) is 0 Å². The van der Waals surface area contributed by atoms with Crippen LogP contribution in [-0.4, -0.2) is 148 Å². The molecule has 25 heteroatoms. The molecule has 3 aliphatic heterocycles. The van der Waals surface area contributed by atoms with Crippen LogP contribution >= 0.6 is 0 Å². The van der Waals surface area contributed by atoms with Crippen molar-refractivity contribution in [2.75, 3.05) is 44.9 Å². The third kappa shape index (κ3) is 14.3. The van der Waals surface area contributed by atoms with E-state index in [-0.39, 0.29) is 28.5 Å². The molecule has 4 amide bonds. The number of aromatic nitrogens is 3. The van der Waals surface area contributed by atoms with E-state index in [1.54, 1.807) is 51.2 Å². The molecule has 1 aliphatic carbocycles. The number of carbonyl (C=O) groups excluding carboxylic acids is 4. The number of aliphatic hydroxyl groups excluding tert-OH is 1. The standard InChI is InChI=1S/C55H65F7N10O8/c1-53(2,3)46(65-52(77)80-38-16-17-38)49(75)68-70(27-39-40(56)22-34(23-41(39)57)42-19-20-71(67-42)50(58)59)28-44(73)43(64-48(74)47(66-51(76)78-6)54(4,5)55(60,61)62)21-32-10-7-31(8-11-32)9-12-33-13-18-45(63-24-33)69-25-35-14-15-36(26-69)72(35)37-29-79-30-37/h7-8,10-11,13,18-20,22-24,35-38,43-44,46-47,50,73H,14-17,21,25-30H2,1-6H3,(H,64,74)(H,65,77)(H,66,76)(H,68,75)/t35?,36?,43-,44-,46+,47+/m0/s1. The number of amides is 4. The molecule has 3 saturated heterocycles. The minimum absolute atomic E-state index is 0.200. The summed E-state index contributed by atoms with van der Waals surface area (Å²) in [6.45, 7) is 4.75. The number of nitrogens with one attached hydrogen (secondary N) is 4. The van der Waals surface area contributed by atoms with Crippen molar-refractivity contribution in [3.05, 3.63) is 101 Å². The lowest BCUT2D eigenvalue weighted by atomic mass is 9.82. The Kier molecular flexibility index (Phi) is 18.0. The van der Waals surface area contributed by atoms with Gasteiger partial charge in [-0.1, -0.05) is 44.7 Å². The van der Waals surface area contributed by atoms with E-state index in [1.807, 2.05) is 17.4 Å². The van der Waals surface area contributed by atoms with Gasteiger partial charge in [-0.2, -0.15) is 27.1 Å². The Labute approximate surface area is 458 Å². The van der Waals surface area contributed by atoms with Gasteiger partial charge in [-0.3, -0.25) is 19.9 Å². The number of alkyl halides is 5. The normalized spacial score (nSPS) is 19.3. The number of pyridine rings is 1. The molecule has 5 heterocycles. The molecular formula is C55H65F7N10O8. The Morgan fingerprint density at radius 1 is 0.825 bits per heavy atom. The first-order valence-electron chi connectivity index (χ1n) is 26.2. The maximum absolute atomic E-state index is 16.1. The van der Waals surface area contributed by atoms with Gasteiger partial charge in [0, 0.05) is 72.9 Å². The zero-order valence-electron chi connectivity index (χ0n) is 45.0. The van der Waals surface area contributed by atoms with Crippen LogP contribution in [0, 0.1) is 34.3 Å². The number of piperazine rings is 1. The van der Waals surface area contributed by atoms with Gasteiger partial charge in [0.1, 0.15) is 35.6 Å². The summed E-state index contributed by atoms with van der Waals surface area (Å²) in [6, 6.07) is 9.11. The summed E-state index contributed by atoms with van der Waals surface area (Å²) >= 11 is 0. The average molecular weight is 1130 g/mol. The van der Waals surface area contributed by atoms with Crippen molar-refractivity contribution in [3.63, 3.8) is 0 Å². The largest absolute Gasteiger partial charge is 0.453 e. The minimum atomic E-state index is -5.09. The lowest BCUT2D eigenvalue weighted by molar-refractivity contribution is -0.220. The van der Waals surface area contributed by atoms with E-state index in [0.29, 0.717) is 61.5 Å². The molecule has 2 aromatic carbocycles. The van der Waals surface area contributed by atoms with Gasteiger partial charge in [0.25, 0.3) is 5.91 Å². The molecule has 4 aliphatic rings. The Hall–Kier alpha value is -7.01. The number of anilines is 1. The van der Waals surface area contributed by atoms with Crippen LogP contribution in [0.5, 0.6) is 0 Å². The summed E-state index contributed by atoms with van der Waals surface area (Å²) < 4.78 is 118. The van der Waals surface area contributed by atoms with Gasteiger partial charge in [0.05, 0.1) is 49.6 Å². The quantitative estimate of drug-likeness (QED) is 0.0382. The van der Waals surface area contributed by atoms with Crippen molar-refractivity contribution in [1.82, 2.24) is 46.0 Å². The Morgan fingerprint density at radius 2 is 1.45 bits per heavy atom. The maximum Gasteiger partial charge on any atom is 0.408 e. The average Bonchev–Trinajstić information content (AvgIpc) is 4.00. The van der Waals surface area contributed by atoms with Gasteiger partial charge in [-0.25, -0.2) is 33.0 Å². The lowest BCUT2D eigenvalue weighted by Crippen LogP contribution is -2.63. The van der Waals surface area contributed by atoms with E-state index < -0.39 is 102 Å². The van der Waals surface area contributed by atoms with Crippen molar-refractivity contribution >= 4 is 29.8 Å². The van der Waals surface area contributed by atoms with E-state index in [1.165, 1.54) is 0 Å². The maximum atomic E-state index is 16.1. The fourth-order valence-electron chi connectivity index (χ4n) is 9.93. The van der Waals surface area contributed by atoms with Crippen LogP contribution in [0.15, 0.2) is 67.0 Å². The van der Waals surface area contributed by atoms with E-state index in [0.717, 1.165) is 81.5 Å². The molecule has 18 nitrogen and oxygen atoms in total. The molecule has 5 N–H and O–H groups in total. The smallest absolute Gasteiger partial charge is 0.408 e. The number of methoxy groups -OCH3 is 1. The predicted molar refractivity (Wildman–Crippen MR) is 276 cm³/mol. The molecule has 2 unspecified atom stereocenters. The summed E-state index contributed by atoms with van der Waals surface area (Å²) in [7, 11) is 0.884. The van der Waals surface area contributed by atoms with Crippen molar-refractivity contribution in [3.8, 4) is 23.1 Å². The third-order valence-corrected chi connectivity index (χ3v) is 14.8. The number of rotatable bonds is 19. The second-order valence-corrected chi connectivity index (χ2v) is 22.2. The highest BCUT2D eigenvalue weighted by molar-refractivity contribution is 5.87. The number of fused-ring (bicyclic) bond motifs is 2. The monoisotopic (exact) mass is 1130 g/mol. The first-order valence-corrected chi connectivity index (χ1v) is 26.2. The molecule has 2 aromatic heterocycles. The van der Waals surface area contributed by atoms with E-state index in [2.05, 4.69) is 47.5 Å². The SMILES string of the molecule is COC(=O)N[C@H](C(=O)N[C@@H](Cc1ccc(C#Cc2ccc(N3CC4CCC(C3)N4C3COC3)nc2)cc1)[C@@H](O)CN(Cc1c(F)cc(-c2ccn(C(F)F)n2)cc1F)NC(=O)[C@@H](NC(=O)OC1CC1)C(C)(C)C)C(C)(C)C(F)(F)F. The van der Waals surface area contributed by atoms with Gasteiger partial charge < -0.3 is 40.2 Å². The van der Waals surface area contributed by atoms with Gasteiger partial charge in [0.15, 0.2) is 0 Å². The van der Waals surface area contributed by atoms with Crippen LogP contribution in [0.1, 0.15) is 89.1 Å². The lowest BCUT2D eigenvalue weighted by Gasteiger charge is -2.47. The number of aliphatic hydroxyl groups is 1. The van der Waals surface area contributed by atoms with Crippen LogP contribution in [0.2, 0.25) is 0 Å². The van der Waals surface area contributed by atoms with Crippen LogP contribution < -0.4 is 26.3 Å². The predicted octanol–water partition coefficient (Wildman–Crippen LogP) is 6.61. The fourth-order valence-corrected chi connectivity index (χ4v) is 9.93. The second-order valence-electron chi connectivity index (χ2n) is 22.2. The van der Waals surface area contributed by atoms with Crippen molar-refractivity contribution in [2.45, 2.75) is 134 Å². The molecule has 432 valence electrons. The van der Waals surface area contributed by atoms with Crippen molar-refractivity contribution in [1.29, 1.82) is 0 Å². The fraction of sp³-hybridized carbons (Fsp3) is 0.527. The van der Waals surface area contributed by atoms with Crippen molar-refractivity contribution in [2.24, 2.45) is 10.8 Å². The molecule has 2 bridgehead atoms. The van der Waals surface area contributed by atoms with Gasteiger partial charge >= 0.3 is 24.9 Å². The second kappa shape index (κ2) is 24.4. The van der Waals surface area contributed by atoms with Crippen LogP contribution in [-0.2, 0) is 36.8 Å². The molecular weight excluding hydrogens is 1060 g/mol. The number of halogens is 7. The summed E-state index contributed by atoms with van der Waals surface area (Å²) in [6.07, 6.45) is -3.88. The van der Waals surface area contributed by atoms with E-state index in [9.17, 15) is 46.2 Å². The molecule has 4 aromatic rings. The highest BCUT2D eigenvalue weighted by Gasteiger charge is 2.56. The molecule has 1 saturated carbocycles. The zero-order valence-corrected chi connectivity index (χ0v) is 45.0. The molecule has 0 spiro atoms. The number of hydrogen-bond acceptors (Lipinski definition) is 13. The summed E-state index contributed by atoms with van der Waals surface area (Å²) in [5.74, 6) is 2.21. The first kappa shape index (κ1) is 59.1. The topological polar surface area (TPSA) is 205 Å². The number of nitrogens with zero attached hydrogens (tertiary/aromatic N) is 6. The molecule has 80 heavy (non-hydrogen) atoms. The minimum Gasteiger partial charge on any atom is -0.453 e. The number of hydrazine groups is 1. The molecule has 4 fully saturated rings. The summed E-state index contributed by atoms with van der Waals surface area (Å²) in [4.78, 5) is 63.4. The highest BCUT2D eigenvalue weighted by Crippen LogP contribution is 2.41. The number of alkyl carbamates (subject to hydrolysis) is 2. The number of ether oxygens (including phenoxy) is 3. The number of hydrogen-bond donors (Lipinski definition) is 5. The van der Waals surface area contributed by atoms with E-state index >= 15 is 8.78 Å². The van der Waals surface area contributed by atoms with Gasteiger partial charge in [0.2, 0.25) is 5.91 Å². The molecule has 8 rings (SSSR count). The van der Waals surface area contributed by atoms with Crippen LogP contribution in [0.25, 0.3) is 11.3 Å². The summed E-state index contributed by atoms with van der Waals surface area (Å²) in [5, 5.41) is 23.6. The van der Waals surface area contributed by atoms with Gasteiger partial charge in [-0.15, -0.1) is 0 Å². The first-order chi connectivity index (χ1) is 37.8. The number of benzene rings is 2. The van der Waals surface area contributed by atoms with E-state index in [4.69, 9.17) is 14.5 Å².